The Hall–Kier alpha value is -4.83. The number of phosphoric acid groups is 2. The van der Waals surface area contributed by atoms with Crippen molar-refractivity contribution in [1.29, 1.82) is 0 Å². The minimum atomic E-state index is -4.96. The molecule has 0 aromatic heterocycles. The number of hydrogen-bond donors (Lipinski definition) is 4. The van der Waals surface area contributed by atoms with Crippen LogP contribution in [0.25, 0.3) is 0 Å². The second-order valence-electron chi connectivity index (χ2n) is 28.2. The number of allylic oxidation sites excluding steroid dienone is 26. The molecular weight excluding hydrogens is 1410 g/mol. The van der Waals surface area contributed by atoms with E-state index in [0.717, 1.165) is 128 Å². The molecule has 0 spiro atoms. The number of rotatable bonds is 80. The third-order valence-electron chi connectivity index (χ3n) is 17.7. The summed E-state index contributed by atoms with van der Waals surface area (Å²) in [6.45, 7) is 2.42. The molecule has 4 N–H and O–H groups in total. The smallest absolute Gasteiger partial charge is 0.463 e. The van der Waals surface area contributed by atoms with Crippen LogP contribution < -0.4 is 0 Å². The highest BCUT2D eigenvalue weighted by atomic mass is 31.2. The van der Waals surface area contributed by atoms with Gasteiger partial charge in [0, 0.05) is 19.3 Å². The third kappa shape index (κ3) is 83.9. The summed E-state index contributed by atoms with van der Waals surface area (Å²) in [5, 5.41) is 20.7. The van der Waals surface area contributed by atoms with Crippen LogP contribution in [0.3, 0.4) is 0 Å². The van der Waals surface area contributed by atoms with Crippen LogP contribution in [-0.4, -0.2) is 95.9 Å². The first-order chi connectivity index (χ1) is 53.2. The molecule has 0 bridgehead atoms. The van der Waals surface area contributed by atoms with E-state index in [2.05, 4.69) is 161 Å². The number of phosphoric ester groups is 2. The Morgan fingerprint density at radius 2 is 0.505 bits per heavy atom. The standard InChI is InChI=1S/C91H154O16P2/c1-4-7-10-13-16-19-22-25-28-31-34-35-36-37-38-39-40-41-42-43-44-45-46-47-48-49-52-54-56-59-62-65-68-71-74-77-89(94)101-80-86(92)81-103-108(97,98)104-82-87(93)83-105-109(99,100)106-85-88(107-91(96)79-76-73-70-67-64-61-58-55-51-33-30-27-24-21-18-15-12-9-6-3)84-102-90(95)78-75-72-69-66-63-60-57-53-50-32-29-26-23-20-17-14-11-8-5-2/h8,11,16-21,25-30,34-35,37-38,50-51,53,55,60,63,69,72,86-88,92-93H,4-7,9-10,12-15,22-24,31-33,36,39-49,52,54,56-59,61-62,64-68,70-71,73-85H2,1-3H3,(H,97,98)(H,99,100)/b11-8-,19-16-,20-17-,21-18-,28-25-,29-26-,30-27-,35-34-,38-37-,53-50-,55-51-,63-60-,72-69-. The molecule has 0 rings (SSSR count). The number of unbranched alkanes of at least 4 members (excludes halogenated alkanes) is 31. The summed E-state index contributed by atoms with van der Waals surface area (Å²) in [7, 11) is -9.83. The molecule has 0 aliphatic rings. The zero-order chi connectivity index (χ0) is 79.4. The van der Waals surface area contributed by atoms with E-state index >= 15 is 0 Å². The molecule has 16 nitrogen and oxygen atoms in total. The molecule has 18 heteroatoms. The Kier molecular flexibility index (Phi) is 79.0. The van der Waals surface area contributed by atoms with Crippen LogP contribution >= 0.6 is 15.6 Å². The Bertz CT molecular complexity index is 2610. The lowest BCUT2D eigenvalue weighted by Crippen LogP contribution is -2.30. The maximum atomic E-state index is 13.0. The number of esters is 3. The molecule has 624 valence electrons. The van der Waals surface area contributed by atoms with Crippen molar-refractivity contribution in [3.05, 3.63) is 158 Å². The Labute approximate surface area is 663 Å². The molecule has 109 heavy (non-hydrogen) atoms. The van der Waals surface area contributed by atoms with Crippen molar-refractivity contribution in [3.8, 4) is 0 Å². The van der Waals surface area contributed by atoms with Gasteiger partial charge in [-0.1, -0.05) is 339 Å². The number of hydrogen-bond acceptors (Lipinski definition) is 14. The molecule has 5 atom stereocenters. The topological polar surface area (TPSA) is 231 Å². The molecule has 0 aromatic carbocycles. The highest BCUT2D eigenvalue weighted by Crippen LogP contribution is 2.45. The maximum Gasteiger partial charge on any atom is 0.472 e. The van der Waals surface area contributed by atoms with E-state index in [0.29, 0.717) is 25.7 Å². The molecule has 0 fully saturated rings. The van der Waals surface area contributed by atoms with Gasteiger partial charge in [-0.05, 0) is 141 Å². The molecule has 0 amide bonds. The van der Waals surface area contributed by atoms with Crippen molar-refractivity contribution < 1.29 is 75.8 Å². The molecule has 0 aliphatic carbocycles. The number of aliphatic hydroxyl groups is 2. The molecule has 0 radical (unpaired) electrons. The molecule has 0 saturated carbocycles. The monoisotopic (exact) mass is 1570 g/mol. The number of carbonyl (C=O) groups excluding carboxylic acids is 3. The van der Waals surface area contributed by atoms with Crippen molar-refractivity contribution in [2.75, 3.05) is 39.6 Å². The molecule has 0 aliphatic heterocycles. The van der Waals surface area contributed by atoms with Crippen LogP contribution in [0, 0.1) is 0 Å². The van der Waals surface area contributed by atoms with Gasteiger partial charge in [-0.25, -0.2) is 9.13 Å². The van der Waals surface area contributed by atoms with Gasteiger partial charge in [-0.3, -0.25) is 32.5 Å². The average molecular weight is 1570 g/mol. The third-order valence-corrected chi connectivity index (χ3v) is 19.6. The number of carbonyl (C=O) groups is 3. The first-order valence-corrected chi connectivity index (χ1v) is 45.8. The van der Waals surface area contributed by atoms with Gasteiger partial charge in [0.1, 0.15) is 25.4 Å². The normalized spacial score (nSPS) is 14.7. The fraction of sp³-hybridized carbons (Fsp3) is 0.681. The summed E-state index contributed by atoms with van der Waals surface area (Å²) in [6.07, 6.45) is 105. The zero-order valence-electron chi connectivity index (χ0n) is 68.4. The van der Waals surface area contributed by atoms with E-state index in [-0.39, 0.29) is 19.3 Å². The molecule has 5 unspecified atom stereocenters. The fourth-order valence-electron chi connectivity index (χ4n) is 11.2. The van der Waals surface area contributed by atoms with Crippen molar-refractivity contribution in [2.24, 2.45) is 0 Å². The zero-order valence-corrected chi connectivity index (χ0v) is 70.2. The minimum Gasteiger partial charge on any atom is -0.463 e. The summed E-state index contributed by atoms with van der Waals surface area (Å²) in [4.78, 5) is 58.7. The van der Waals surface area contributed by atoms with Gasteiger partial charge < -0.3 is 34.2 Å². The summed E-state index contributed by atoms with van der Waals surface area (Å²) in [5.74, 6) is -1.69. The van der Waals surface area contributed by atoms with Gasteiger partial charge in [0.25, 0.3) is 0 Å². The lowest BCUT2D eigenvalue weighted by atomic mass is 10.0. The SMILES string of the molecule is CC/C=C\C/C=C\C/C=C\C/C=C\C/C=C\C/C=C\CCC(=O)OCC(COP(=O)(O)OCC(O)COP(=O)(O)OCC(O)COC(=O)CCCCCCCCCCCCCCCCCCCCC/C=C\C/C=C\C/C=C\C/C=C\CCCCC)OC(=O)CCCCCCCC/C=C\C/C=C\C/C=C\CCCCC. The number of aliphatic hydroxyl groups excluding tert-OH is 2. The van der Waals surface area contributed by atoms with E-state index in [1.54, 1.807) is 0 Å². The molecule has 0 saturated heterocycles. The van der Waals surface area contributed by atoms with Crippen LogP contribution in [-0.2, 0) is 55.8 Å². The van der Waals surface area contributed by atoms with E-state index < -0.39 is 91.5 Å². The lowest BCUT2D eigenvalue weighted by Gasteiger charge is -2.21. The van der Waals surface area contributed by atoms with Gasteiger partial charge in [0.15, 0.2) is 6.10 Å². The predicted molar refractivity (Wildman–Crippen MR) is 454 cm³/mol. The molecule has 0 heterocycles. The van der Waals surface area contributed by atoms with Crippen molar-refractivity contribution >= 4 is 33.6 Å². The van der Waals surface area contributed by atoms with Gasteiger partial charge in [-0.15, -0.1) is 0 Å². The van der Waals surface area contributed by atoms with Crippen molar-refractivity contribution in [3.63, 3.8) is 0 Å². The second kappa shape index (κ2) is 82.6. The van der Waals surface area contributed by atoms with Crippen LogP contribution in [0.2, 0.25) is 0 Å². The Balaban J connectivity index is 4.51. The summed E-state index contributed by atoms with van der Waals surface area (Å²) in [5.41, 5.74) is 0. The molecule has 0 aromatic rings. The quantitative estimate of drug-likeness (QED) is 0.0146. The summed E-state index contributed by atoms with van der Waals surface area (Å²) < 4.78 is 61.2. The van der Waals surface area contributed by atoms with Gasteiger partial charge >= 0.3 is 33.6 Å². The Morgan fingerprint density at radius 3 is 0.826 bits per heavy atom. The second-order valence-corrected chi connectivity index (χ2v) is 31.2. The van der Waals surface area contributed by atoms with E-state index in [9.17, 15) is 43.5 Å². The van der Waals surface area contributed by atoms with Crippen LogP contribution in [0.5, 0.6) is 0 Å². The Morgan fingerprint density at radius 1 is 0.266 bits per heavy atom. The first-order valence-electron chi connectivity index (χ1n) is 42.8. The van der Waals surface area contributed by atoms with Crippen LogP contribution in [0.4, 0.5) is 0 Å². The highest BCUT2D eigenvalue weighted by molar-refractivity contribution is 7.47. The largest absolute Gasteiger partial charge is 0.472 e. The summed E-state index contributed by atoms with van der Waals surface area (Å²) in [6, 6.07) is 0. The van der Waals surface area contributed by atoms with E-state index in [1.165, 1.54) is 148 Å². The number of ether oxygens (including phenoxy) is 3. The maximum absolute atomic E-state index is 13.0. The fourth-order valence-corrected chi connectivity index (χ4v) is 12.8. The van der Waals surface area contributed by atoms with Gasteiger partial charge in [0.05, 0.1) is 26.4 Å². The van der Waals surface area contributed by atoms with Crippen LogP contribution in [0.1, 0.15) is 342 Å². The predicted octanol–water partition coefficient (Wildman–Crippen LogP) is 25.8. The van der Waals surface area contributed by atoms with E-state index in [1.807, 2.05) is 18.2 Å². The average Bonchev–Trinajstić information content (AvgIpc) is 0.903. The van der Waals surface area contributed by atoms with Crippen LogP contribution in [0.15, 0.2) is 158 Å². The summed E-state index contributed by atoms with van der Waals surface area (Å²) >= 11 is 0. The molecular formula is C91H154O16P2. The van der Waals surface area contributed by atoms with Gasteiger partial charge in [0.2, 0.25) is 0 Å². The van der Waals surface area contributed by atoms with Crippen molar-refractivity contribution in [2.45, 2.75) is 360 Å². The lowest BCUT2D eigenvalue weighted by molar-refractivity contribution is -0.161. The highest BCUT2D eigenvalue weighted by Gasteiger charge is 2.29. The van der Waals surface area contributed by atoms with E-state index in [4.69, 9.17) is 32.3 Å². The van der Waals surface area contributed by atoms with Crippen molar-refractivity contribution in [1.82, 2.24) is 0 Å². The minimum absolute atomic E-state index is 0.0378. The first kappa shape index (κ1) is 104. The van der Waals surface area contributed by atoms with Gasteiger partial charge in [-0.2, -0.15) is 0 Å².